The van der Waals surface area contributed by atoms with Crippen LogP contribution < -0.4 is 4.90 Å². The molecule has 140 valence electrons. The number of hydrogen-bond donors (Lipinski definition) is 0. The maximum Gasteiger partial charge on any atom is 0.313 e. The summed E-state index contributed by atoms with van der Waals surface area (Å²) in [6.45, 7) is 6.24. The third kappa shape index (κ3) is 2.34. The number of amides is 1. The standard InChI is InChI=1S/C22H24N2O3/c1-20(2)21(3)12-13-22(20,27-19(21)26)18(25)24(17-11-7-8-14-23-17)15-16-9-5-4-6-10-16/h4-11,14H,12-13,15H2,1-3H3/t21-,22-/m0/s1. The first-order valence-corrected chi connectivity index (χ1v) is 9.32. The van der Waals surface area contributed by atoms with E-state index in [9.17, 15) is 9.59 Å². The molecule has 1 aromatic heterocycles. The van der Waals surface area contributed by atoms with Gasteiger partial charge in [-0.1, -0.05) is 50.2 Å². The first kappa shape index (κ1) is 17.7. The second-order valence-electron chi connectivity index (χ2n) is 8.24. The van der Waals surface area contributed by atoms with Crippen LogP contribution >= 0.6 is 0 Å². The quantitative estimate of drug-likeness (QED) is 0.776. The first-order valence-electron chi connectivity index (χ1n) is 9.32. The largest absolute Gasteiger partial charge is 0.448 e. The molecule has 2 aromatic rings. The van der Waals surface area contributed by atoms with Gasteiger partial charge in [0, 0.05) is 11.6 Å². The minimum atomic E-state index is -1.15. The predicted molar refractivity (Wildman–Crippen MR) is 102 cm³/mol. The SMILES string of the molecule is CC1(C)[C@@]2(C)CC[C@@]1(C(=O)N(Cc1ccccc1)c1ccccn1)OC2=O. The number of benzene rings is 1. The van der Waals surface area contributed by atoms with E-state index in [0.29, 0.717) is 25.2 Å². The van der Waals surface area contributed by atoms with Gasteiger partial charge in [-0.2, -0.15) is 0 Å². The highest BCUT2D eigenvalue weighted by atomic mass is 16.6. The van der Waals surface area contributed by atoms with E-state index >= 15 is 0 Å². The summed E-state index contributed by atoms with van der Waals surface area (Å²) < 4.78 is 5.81. The van der Waals surface area contributed by atoms with Crippen LogP contribution in [0.2, 0.25) is 0 Å². The van der Waals surface area contributed by atoms with Crippen LogP contribution in [0.5, 0.6) is 0 Å². The lowest BCUT2D eigenvalue weighted by molar-refractivity contribution is -0.167. The Morgan fingerprint density at radius 1 is 1.07 bits per heavy atom. The monoisotopic (exact) mass is 364 g/mol. The normalized spacial score (nSPS) is 28.0. The lowest BCUT2D eigenvalue weighted by Gasteiger charge is -2.38. The predicted octanol–water partition coefficient (Wildman–Crippen LogP) is 3.74. The van der Waals surface area contributed by atoms with E-state index in [0.717, 1.165) is 5.56 Å². The van der Waals surface area contributed by atoms with E-state index in [2.05, 4.69) is 4.98 Å². The molecule has 0 spiro atoms. The summed E-state index contributed by atoms with van der Waals surface area (Å²) in [7, 11) is 0. The van der Waals surface area contributed by atoms with Gasteiger partial charge in [0.05, 0.1) is 12.0 Å². The Morgan fingerprint density at radius 2 is 1.78 bits per heavy atom. The van der Waals surface area contributed by atoms with Gasteiger partial charge in [0.1, 0.15) is 5.82 Å². The molecule has 27 heavy (non-hydrogen) atoms. The van der Waals surface area contributed by atoms with Crippen molar-refractivity contribution in [2.75, 3.05) is 4.90 Å². The van der Waals surface area contributed by atoms with Crippen molar-refractivity contribution >= 4 is 17.7 Å². The van der Waals surface area contributed by atoms with Crippen molar-refractivity contribution in [1.29, 1.82) is 0 Å². The van der Waals surface area contributed by atoms with Gasteiger partial charge in [-0.3, -0.25) is 14.5 Å². The maximum atomic E-state index is 13.8. The highest BCUT2D eigenvalue weighted by Gasteiger charge is 2.76. The third-order valence-corrected chi connectivity index (χ3v) is 6.78. The number of aromatic nitrogens is 1. The van der Waals surface area contributed by atoms with Gasteiger partial charge in [-0.15, -0.1) is 0 Å². The van der Waals surface area contributed by atoms with Gasteiger partial charge in [0.2, 0.25) is 0 Å². The number of fused-ring (bicyclic) bond motifs is 2. The van der Waals surface area contributed by atoms with Gasteiger partial charge in [0.15, 0.2) is 5.60 Å². The molecule has 1 saturated carbocycles. The number of pyridine rings is 1. The highest BCUT2D eigenvalue weighted by Crippen LogP contribution is 2.66. The fourth-order valence-corrected chi connectivity index (χ4v) is 4.48. The lowest BCUT2D eigenvalue weighted by Crippen LogP contribution is -2.55. The van der Waals surface area contributed by atoms with Gasteiger partial charge in [-0.25, -0.2) is 4.98 Å². The van der Waals surface area contributed by atoms with Crippen LogP contribution in [0.15, 0.2) is 54.7 Å². The molecular weight excluding hydrogens is 340 g/mol. The summed E-state index contributed by atoms with van der Waals surface area (Å²) in [5.74, 6) is 0.102. The minimum Gasteiger partial charge on any atom is -0.448 e. The number of ether oxygens (including phenoxy) is 1. The molecular formula is C22H24N2O3. The summed E-state index contributed by atoms with van der Waals surface area (Å²) in [5, 5.41) is 0. The van der Waals surface area contributed by atoms with Crippen LogP contribution in [0.3, 0.4) is 0 Å². The molecule has 1 aliphatic carbocycles. The van der Waals surface area contributed by atoms with E-state index in [1.807, 2.05) is 69.3 Å². The summed E-state index contributed by atoms with van der Waals surface area (Å²) >= 11 is 0. The van der Waals surface area contributed by atoms with Crippen molar-refractivity contribution < 1.29 is 14.3 Å². The fraction of sp³-hybridized carbons (Fsp3) is 0.409. The van der Waals surface area contributed by atoms with Crippen LogP contribution in [0.4, 0.5) is 5.82 Å². The van der Waals surface area contributed by atoms with Crippen molar-refractivity contribution in [2.24, 2.45) is 10.8 Å². The van der Waals surface area contributed by atoms with Crippen molar-refractivity contribution in [3.8, 4) is 0 Å². The van der Waals surface area contributed by atoms with Crippen molar-refractivity contribution in [2.45, 2.75) is 45.8 Å². The Balaban J connectivity index is 1.77. The number of carbonyl (C=O) groups is 2. The summed E-state index contributed by atoms with van der Waals surface area (Å²) in [6.07, 6.45) is 2.87. The van der Waals surface area contributed by atoms with E-state index < -0.39 is 16.4 Å². The molecule has 2 atom stereocenters. The number of anilines is 1. The molecule has 4 rings (SSSR count). The van der Waals surface area contributed by atoms with E-state index in [4.69, 9.17) is 4.74 Å². The Kier molecular flexibility index (Phi) is 3.88. The topological polar surface area (TPSA) is 59.5 Å². The molecule has 5 heteroatoms. The molecule has 0 radical (unpaired) electrons. The number of carbonyl (C=O) groups excluding carboxylic acids is 2. The molecule has 2 fully saturated rings. The van der Waals surface area contributed by atoms with E-state index in [-0.39, 0.29) is 11.9 Å². The van der Waals surface area contributed by atoms with Gasteiger partial charge < -0.3 is 4.74 Å². The zero-order chi connectivity index (χ0) is 19.3. The number of esters is 1. The average molecular weight is 364 g/mol. The van der Waals surface area contributed by atoms with E-state index in [1.165, 1.54) is 0 Å². The summed E-state index contributed by atoms with van der Waals surface area (Å²) in [4.78, 5) is 32.5. The Bertz CT molecular complexity index is 881. The average Bonchev–Trinajstić information content (AvgIpc) is 2.97. The molecule has 1 amide bonds. The number of nitrogens with zero attached hydrogens (tertiary/aromatic N) is 2. The van der Waals surface area contributed by atoms with Gasteiger partial charge >= 0.3 is 5.97 Å². The molecule has 5 nitrogen and oxygen atoms in total. The number of rotatable bonds is 4. The summed E-state index contributed by atoms with van der Waals surface area (Å²) in [6, 6.07) is 15.3. The molecule has 0 N–H and O–H groups in total. The molecule has 2 heterocycles. The zero-order valence-electron chi connectivity index (χ0n) is 15.9. The molecule has 1 aliphatic heterocycles. The van der Waals surface area contributed by atoms with E-state index in [1.54, 1.807) is 11.1 Å². The Labute approximate surface area is 159 Å². The van der Waals surface area contributed by atoms with Crippen LogP contribution in [0.1, 0.15) is 39.2 Å². The van der Waals surface area contributed by atoms with Crippen LogP contribution in [-0.2, 0) is 20.9 Å². The van der Waals surface area contributed by atoms with Crippen molar-refractivity contribution in [3.05, 3.63) is 60.3 Å². The second kappa shape index (κ2) is 5.91. The van der Waals surface area contributed by atoms with Crippen molar-refractivity contribution in [3.63, 3.8) is 0 Å². The van der Waals surface area contributed by atoms with Crippen LogP contribution in [-0.4, -0.2) is 22.5 Å². The molecule has 2 aliphatic rings. The maximum absolute atomic E-state index is 13.8. The van der Waals surface area contributed by atoms with Crippen molar-refractivity contribution in [1.82, 2.24) is 4.98 Å². The highest BCUT2D eigenvalue weighted by molar-refractivity contribution is 6.04. The Hall–Kier alpha value is -2.69. The smallest absolute Gasteiger partial charge is 0.313 e. The Morgan fingerprint density at radius 3 is 2.33 bits per heavy atom. The third-order valence-electron chi connectivity index (χ3n) is 6.78. The molecule has 2 bridgehead atoms. The lowest BCUT2D eigenvalue weighted by atomic mass is 9.66. The molecule has 1 aromatic carbocycles. The fourth-order valence-electron chi connectivity index (χ4n) is 4.48. The zero-order valence-corrected chi connectivity index (χ0v) is 15.9. The molecule has 1 saturated heterocycles. The minimum absolute atomic E-state index is 0.190. The van der Waals surface area contributed by atoms with Gasteiger partial charge in [0.25, 0.3) is 5.91 Å². The summed E-state index contributed by atoms with van der Waals surface area (Å²) in [5.41, 5.74) is -1.37. The van der Waals surface area contributed by atoms with Crippen LogP contribution in [0.25, 0.3) is 0 Å². The number of hydrogen-bond acceptors (Lipinski definition) is 4. The van der Waals surface area contributed by atoms with Crippen LogP contribution in [0, 0.1) is 10.8 Å². The first-order chi connectivity index (χ1) is 12.8. The van der Waals surface area contributed by atoms with Gasteiger partial charge in [-0.05, 0) is 37.5 Å². The molecule has 0 unspecified atom stereocenters. The second-order valence-corrected chi connectivity index (χ2v) is 8.24.